The van der Waals surface area contributed by atoms with Gasteiger partial charge in [0.25, 0.3) is 5.91 Å². The van der Waals surface area contributed by atoms with Gasteiger partial charge >= 0.3 is 5.97 Å². The van der Waals surface area contributed by atoms with Crippen LogP contribution in [-0.4, -0.2) is 26.8 Å². The van der Waals surface area contributed by atoms with Crippen LogP contribution in [0.3, 0.4) is 0 Å². The highest BCUT2D eigenvalue weighted by Gasteiger charge is 2.16. The number of aromatic nitrogens is 1. The third kappa shape index (κ3) is 4.14. The Morgan fingerprint density at radius 3 is 2.37 bits per heavy atom. The van der Waals surface area contributed by atoms with Gasteiger partial charge in [-0.2, -0.15) is 0 Å². The van der Waals surface area contributed by atoms with E-state index in [0.29, 0.717) is 17.0 Å². The first kappa shape index (κ1) is 18.2. The van der Waals surface area contributed by atoms with Crippen molar-refractivity contribution in [2.24, 2.45) is 0 Å². The Balaban J connectivity index is 1.98. The number of carbonyl (C=O) groups is 2. The van der Waals surface area contributed by atoms with Gasteiger partial charge in [0.2, 0.25) is 0 Å². The predicted molar refractivity (Wildman–Crippen MR) is 97.6 cm³/mol. The number of carboxylic acid groups (broad SMARTS) is 1. The van der Waals surface area contributed by atoms with Gasteiger partial charge in [0, 0.05) is 17.7 Å². The average Bonchev–Trinajstić information content (AvgIpc) is 3.03. The van der Waals surface area contributed by atoms with Gasteiger partial charge in [-0.15, -0.1) is 0 Å². The molecule has 1 heterocycles. The SMILES string of the molecule is O=C(O)CCc1ccc(-c2ccc(F)cc2)n1NC(=O)c1ccccc1O. The lowest BCUT2D eigenvalue weighted by atomic mass is 10.1. The van der Waals surface area contributed by atoms with E-state index in [0.717, 1.165) is 0 Å². The Hall–Kier alpha value is -3.61. The monoisotopic (exact) mass is 368 g/mol. The Bertz CT molecular complexity index is 980. The van der Waals surface area contributed by atoms with Gasteiger partial charge in [-0.1, -0.05) is 12.1 Å². The van der Waals surface area contributed by atoms with Crippen LogP contribution >= 0.6 is 0 Å². The molecule has 0 saturated carbocycles. The number of nitrogens with zero attached hydrogens (tertiary/aromatic N) is 1. The van der Waals surface area contributed by atoms with Crippen molar-refractivity contribution in [1.82, 2.24) is 4.68 Å². The second-order valence-corrected chi connectivity index (χ2v) is 5.90. The number of aliphatic carboxylic acids is 1. The van der Waals surface area contributed by atoms with E-state index < -0.39 is 11.9 Å². The quantitative estimate of drug-likeness (QED) is 0.622. The summed E-state index contributed by atoms with van der Waals surface area (Å²) in [5.74, 6) is -2.07. The summed E-state index contributed by atoms with van der Waals surface area (Å²) in [6.07, 6.45) is 0.0803. The number of halogens is 1. The van der Waals surface area contributed by atoms with Crippen molar-refractivity contribution in [3.05, 3.63) is 77.7 Å². The fraction of sp³-hybridized carbons (Fsp3) is 0.100. The number of hydrogen-bond acceptors (Lipinski definition) is 3. The van der Waals surface area contributed by atoms with Crippen molar-refractivity contribution in [2.45, 2.75) is 12.8 Å². The number of nitrogens with one attached hydrogen (secondary N) is 1. The number of phenolic OH excluding ortho intramolecular Hbond substituents is 1. The molecule has 0 aliphatic heterocycles. The standard InChI is InChI=1S/C20H17FN2O4/c21-14-7-5-13(6-8-14)17-11-9-15(10-12-19(25)26)23(17)22-20(27)16-3-1-2-4-18(16)24/h1-9,11,24H,10,12H2,(H,22,27)(H,25,26). The largest absolute Gasteiger partial charge is 0.507 e. The summed E-state index contributed by atoms with van der Waals surface area (Å²) in [5.41, 5.74) is 4.56. The van der Waals surface area contributed by atoms with Gasteiger partial charge in [0.05, 0.1) is 17.7 Å². The maximum atomic E-state index is 13.2. The van der Waals surface area contributed by atoms with Crippen LogP contribution in [0.4, 0.5) is 4.39 Å². The molecule has 1 amide bonds. The number of carboxylic acids is 1. The van der Waals surface area contributed by atoms with E-state index in [1.165, 1.54) is 28.9 Å². The third-order valence-corrected chi connectivity index (χ3v) is 4.06. The number of para-hydroxylation sites is 1. The van der Waals surface area contributed by atoms with Gasteiger partial charge in [-0.3, -0.25) is 19.7 Å². The van der Waals surface area contributed by atoms with Crippen LogP contribution in [0.15, 0.2) is 60.7 Å². The van der Waals surface area contributed by atoms with Crippen LogP contribution in [-0.2, 0) is 11.2 Å². The van der Waals surface area contributed by atoms with Crippen LogP contribution in [0.2, 0.25) is 0 Å². The first-order chi connectivity index (χ1) is 13.0. The first-order valence-electron chi connectivity index (χ1n) is 8.23. The number of aromatic hydroxyl groups is 1. The second kappa shape index (κ2) is 7.74. The molecule has 0 aliphatic rings. The van der Waals surface area contributed by atoms with Gasteiger partial charge in [0.15, 0.2) is 0 Å². The maximum absolute atomic E-state index is 13.2. The summed E-state index contributed by atoms with van der Waals surface area (Å²) >= 11 is 0. The number of hydrogen-bond donors (Lipinski definition) is 3. The average molecular weight is 368 g/mol. The van der Waals surface area contributed by atoms with E-state index in [1.807, 2.05) is 0 Å². The molecule has 138 valence electrons. The van der Waals surface area contributed by atoms with Crippen molar-refractivity contribution in [3.8, 4) is 17.0 Å². The molecule has 3 rings (SSSR count). The van der Waals surface area contributed by atoms with Crippen molar-refractivity contribution in [1.29, 1.82) is 0 Å². The molecule has 3 N–H and O–H groups in total. The molecule has 0 aliphatic carbocycles. The smallest absolute Gasteiger partial charge is 0.303 e. The molecule has 0 fully saturated rings. The summed E-state index contributed by atoms with van der Waals surface area (Å²) in [4.78, 5) is 23.5. The van der Waals surface area contributed by atoms with Gasteiger partial charge in [0.1, 0.15) is 11.6 Å². The van der Waals surface area contributed by atoms with Crippen molar-refractivity contribution in [3.63, 3.8) is 0 Å². The molecule has 0 bridgehead atoms. The van der Waals surface area contributed by atoms with Gasteiger partial charge < -0.3 is 10.2 Å². The summed E-state index contributed by atoms with van der Waals surface area (Å²) in [6.45, 7) is 0. The highest BCUT2D eigenvalue weighted by Crippen LogP contribution is 2.24. The summed E-state index contributed by atoms with van der Waals surface area (Å²) in [5, 5.41) is 18.8. The zero-order valence-electron chi connectivity index (χ0n) is 14.2. The zero-order chi connectivity index (χ0) is 19.4. The molecule has 2 aromatic carbocycles. The number of rotatable bonds is 6. The predicted octanol–water partition coefficient (Wildman–Crippen LogP) is 3.40. The van der Waals surface area contributed by atoms with E-state index in [-0.39, 0.29) is 30.0 Å². The van der Waals surface area contributed by atoms with Gasteiger partial charge in [-0.25, -0.2) is 4.39 Å². The lowest BCUT2D eigenvalue weighted by molar-refractivity contribution is -0.136. The molecule has 6 nitrogen and oxygen atoms in total. The third-order valence-electron chi connectivity index (χ3n) is 4.06. The lowest BCUT2D eigenvalue weighted by Crippen LogP contribution is -2.25. The first-order valence-corrected chi connectivity index (χ1v) is 8.23. The molecular weight excluding hydrogens is 351 g/mol. The molecule has 0 spiro atoms. The molecule has 0 radical (unpaired) electrons. The molecular formula is C20H17FN2O4. The Labute approximate surface area is 154 Å². The normalized spacial score (nSPS) is 10.6. The van der Waals surface area contributed by atoms with E-state index in [2.05, 4.69) is 5.43 Å². The number of phenols is 1. The van der Waals surface area contributed by atoms with Crippen molar-refractivity contribution < 1.29 is 24.2 Å². The van der Waals surface area contributed by atoms with Crippen LogP contribution in [0.1, 0.15) is 22.5 Å². The minimum atomic E-state index is -0.960. The highest BCUT2D eigenvalue weighted by atomic mass is 19.1. The summed E-state index contributed by atoms with van der Waals surface area (Å²) in [7, 11) is 0. The topological polar surface area (TPSA) is 91.6 Å². The van der Waals surface area contributed by atoms with Gasteiger partial charge in [-0.05, 0) is 48.5 Å². The van der Waals surface area contributed by atoms with E-state index in [9.17, 15) is 19.1 Å². The van der Waals surface area contributed by atoms with E-state index in [4.69, 9.17) is 5.11 Å². The van der Waals surface area contributed by atoms with Crippen LogP contribution in [0.5, 0.6) is 5.75 Å². The Kier molecular flexibility index (Phi) is 5.21. The fourth-order valence-electron chi connectivity index (χ4n) is 2.71. The van der Waals surface area contributed by atoms with Crippen LogP contribution in [0, 0.1) is 5.82 Å². The molecule has 3 aromatic rings. The number of carbonyl (C=O) groups excluding carboxylic acids is 1. The molecule has 1 aromatic heterocycles. The molecule has 0 atom stereocenters. The Morgan fingerprint density at radius 1 is 1.00 bits per heavy atom. The fourth-order valence-corrected chi connectivity index (χ4v) is 2.71. The summed E-state index contributed by atoms with van der Waals surface area (Å²) in [6, 6.07) is 15.2. The van der Waals surface area contributed by atoms with E-state index >= 15 is 0 Å². The molecule has 0 saturated heterocycles. The van der Waals surface area contributed by atoms with Crippen LogP contribution in [0.25, 0.3) is 11.3 Å². The number of aryl methyl sites for hydroxylation is 1. The molecule has 27 heavy (non-hydrogen) atoms. The minimum Gasteiger partial charge on any atom is -0.507 e. The summed E-state index contributed by atoms with van der Waals surface area (Å²) < 4.78 is 14.7. The number of amides is 1. The second-order valence-electron chi connectivity index (χ2n) is 5.90. The highest BCUT2D eigenvalue weighted by molar-refractivity contribution is 6.02. The van der Waals surface area contributed by atoms with Crippen LogP contribution < -0.4 is 5.43 Å². The lowest BCUT2D eigenvalue weighted by Gasteiger charge is -2.15. The van der Waals surface area contributed by atoms with E-state index in [1.54, 1.807) is 36.4 Å². The molecule has 0 unspecified atom stereocenters. The van der Waals surface area contributed by atoms with Crippen molar-refractivity contribution >= 4 is 11.9 Å². The minimum absolute atomic E-state index is 0.0837. The maximum Gasteiger partial charge on any atom is 0.303 e. The molecule has 7 heteroatoms. The zero-order valence-corrected chi connectivity index (χ0v) is 14.2. The Morgan fingerprint density at radius 2 is 1.70 bits per heavy atom. The van der Waals surface area contributed by atoms with Crippen molar-refractivity contribution in [2.75, 3.05) is 5.43 Å². The number of benzene rings is 2.